The lowest BCUT2D eigenvalue weighted by atomic mass is 10.1. The number of benzene rings is 1. The number of carboxylic acid groups (broad SMARTS) is 1. The maximum atomic E-state index is 12.7. The lowest BCUT2D eigenvalue weighted by Gasteiger charge is -2.27. The first-order valence-corrected chi connectivity index (χ1v) is 11.9. The van der Waals surface area contributed by atoms with Crippen LogP contribution >= 0.6 is 11.3 Å². The number of thiophene rings is 1. The van der Waals surface area contributed by atoms with Crippen LogP contribution < -0.4 is 20.5 Å². The Kier molecular flexibility index (Phi) is 6.34. The average Bonchev–Trinajstić information content (AvgIpc) is 3.29. The number of morpholine rings is 1. The molecule has 0 unspecified atom stereocenters. The van der Waals surface area contributed by atoms with Gasteiger partial charge in [-0.2, -0.15) is 4.98 Å². The molecular weight excluding hydrogens is 470 g/mol. The minimum Gasteiger partial charge on any atom is -0.480 e. The molecule has 3 aromatic heterocycles. The monoisotopic (exact) mass is 493 g/mol. The predicted octanol–water partition coefficient (Wildman–Crippen LogP) is 3.41. The summed E-state index contributed by atoms with van der Waals surface area (Å²) in [6.07, 6.45) is 1.57. The van der Waals surface area contributed by atoms with Gasteiger partial charge in [0.05, 0.1) is 13.2 Å². The Labute approximate surface area is 204 Å². The zero-order valence-electron chi connectivity index (χ0n) is 18.9. The topological polar surface area (TPSA) is 121 Å². The van der Waals surface area contributed by atoms with Crippen molar-refractivity contribution in [3.8, 4) is 11.1 Å². The highest BCUT2D eigenvalue weighted by Crippen LogP contribution is 2.35. The van der Waals surface area contributed by atoms with E-state index in [4.69, 9.17) is 14.3 Å². The maximum Gasteiger partial charge on any atom is 0.323 e. The number of rotatable bonds is 7. The Morgan fingerprint density at radius 3 is 2.74 bits per heavy atom. The molecule has 5 rings (SSSR count). The third-order valence-corrected chi connectivity index (χ3v) is 6.59. The Balaban J connectivity index is 1.38. The summed E-state index contributed by atoms with van der Waals surface area (Å²) >= 11 is 1.37. The van der Waals surface area contributed by atoms with Gasteiger partial charge in [0.25, 0.3) is 0 Å². The normalized spacial score (nSPS) is 13.7. The van der Waals surface area contributed by atoms with Crippen molar-refractivity contribution in [1.29, 1.82) is 0 Å². The first-order chi connectivity index (χ1) is 17.0. The molecule has 0 amide bonds. The van der Waals surface area contributed by atoms with Crippen LogP contribution in [0.3, 0.4) is 0 Å². The number of anilines is 4. The van der Waals surface area contributed by atoms with Crippen molar-refractivity contribution < 1.29 is 19.1 Å². The number of likely N-dealkylation sites (N-methyl/N-ethyl adjacent to an activating group) is 1. The summed E-state index contributed by atoms with van der Waals surface area (Å²) in [7, 11) is 1.66. The van der Waals surface area contributed by atoms with Gasteiger partial charge in [-0.25, -0.2) is 4.98 Å². The van der Waals surface area contributed by atoms with Crippen LogP contribution in [0.5, 0.6) is 0 Å². The molecule has 180 valence electrons. The maximum absolute atomic E-state index is 12.7. The highest BCUT2D eigenvalue weighted by molar-refractivity contribution is 7.17. The fourth-order valence-corrected chi connectivity index (χ4v) is 4.75. The standard InChI is InChI=1S/C24H23N5O5S/c1-28(13-21(31)32)19-6-7-25-24(27-19)26-16-4-2-15(3-5-16)17-14-35-23-18(30)12-20(34-22(17)23)29-8-10-33-11-9-29/h2-7,12,14H,8-11,13H2,1H3,(H,31,32)(H,25,26,27). The van der Waals surface area contributed by atoms with Crippen molar-refractivity contribution in [3.63, 3.8) is 0 Å². The number of ether oxygens (including phenoxy) is 1. The highest BCUT2D eigenvalue weighted by Gasteiger charge is 2.18. The van der Waals surface area contributed by atoms with Gasteiger partial charge in [0.2, 0.25) is 11.4 Å². The molecule has 1 aromatic carbocycles. The second-order valence-corrected chi connectivity index (χ2v) is 8.93. The summed E-state index contributed by atoms with van der Waals surface area (Å²) in [6, 6.07) is 10.9. The van der Waals surface area contributed by atoms with Gasteiger partial charge in [-0.15, -0.1) is 11.3 Å². The summed E-state index contributed by atoms with van der Waals surface area (Å²) in [5.74, 6) is 0.477. The highest BCUT2D eigenvalue weighted by atomic mass is 32.1. The van der Waals surface area contributed by atoms with Crippen molar-refractivity contribution in [2.24, 2.45) is 0 Å². The van der Waals surface area contributed by atoms with Gasteiger partial charge in [0.1, 0.15) is 17.1 Å². The van der Waals surface area contributed by atoms with E-state index in [1.165, 1.54) is 16.2 Å². The second-order valence-electron chi connectivity index (χ2n) is 8.05. The molecule has 2 N–H and O–H groups in total. The lowest BCUT2D eigenvalue weighted by molar-refractivity contribution is -0.135. The van der Waals surface area contributed by atoms with E-state index in [1.54, 1.807) is 25.4 Å². The van der Waals surface area contributed by atoms with E-state index in [0.29, 0.717) is 54.2 Å². The van der Waals surface area contributed by atoms with Crippen LogP contribution in [0.2, 0.25) is 0 Å². The first-order valence-electron chi connectivity index (χ1n) is 11.0. The van der Waals surface area contributed by atoms with Crippen LogP contribution in [0.1, 0.15) is 0 Å². The largest absolute Gasteiger partial charge is 0.480 e. The van der Waals surface area contributed by atoms with Gasteiger partial charge in [-0.3, -0.25) is 9.59 Å². The fourth-order valence-electron chi connectivity index (χ4n) is 3.84. The molecule has 11 heteroatoms. The second kappa shape index (κ2) is 9.72. The summed E-state index contributed by atoms with van der Waals surface area (Å²) < 4.78 is 12.2. The molecule has 0 aliphatic carbocycles. The number of aliphatic carboxylic acids is 1. The SMILES string of the molecule is CN(CC(=O)O)c1ccnc(Nc2ccc(-c3csc4c(=O)cc(N5CCOCC5)oc34)cc2)n1. The van der Waals surface area contributed by atoms with Gasteiger partial charge >= 0.3 is 5.97 Å². The van der Waals surface area contributed by atoms with Gasteiger partial charge in [-0.05, 0) is 23.8 Å². The van der Waals surface area contributed by atoms with Crippen LogP contribution in [0, 0.1) is 0 Å². The van der Waals surface area contributed by atoms with E-state index in [1.807, 2.05) is 34.5 Å². The summed E-state index contributed by atoms with van der Waals surface area (Å²) in [5.41, 5.74) is 3.08. The van der Waals surface area contributed by atoms with Gasteiger partial charge in [0.15, 0.2) is 11.5 Å². The van der Waals surface area contributed by atoms with E-state index in [2.05, 4.69) is 15.3 Å². The third kappa shape index (κ3) is 4.96. The fraction of sp³-hybridized carbons (Fsp3) is 0.250. The zero-order chi connectivity index (χ0) is 24.4. The molecule has 0 radical (unpaired) electrons. The number of fused-ring (bicyclic) bond motifs is 1. The van der Waals surface area contributed by atoms with E-state index in [-0.39, 0.29) is 12.0 Å². The van der Waals surface area contributed by atoms with Crippen LogP contribution in [0.25, 0.3) is 21.4 Å². The van der Waals surface area contributed by atoms with Gasteiger partial charge in [-0.1, -0.05) is 12.1 Å². The summed E-state index contributed by atoms with van der Waals surface area (Å²) in [5, 5.41) is 14.1. The molecule has 1 aliphatic heterocycles. The quantitative estimate of drug-likeness (QED) is 0.396. The van der Waals surface area contributed by atoms with E-state index < -0.39 is 5.97 Å². The molecule has 35 heavy (non-hydrogen) atoms. The summed E-state index contributed by atoms with van der Waals surface area (Å²) in [4.78, 5) is 35.8. The third-order valence-electron chi connectivity index (χ3n) is 5.61. The Morgan fingerprint density at radius 1 is 1.23 bits per heavy atom. The molecule has 1 saturated heterocycles. The lowest BCUT2D eigenvalue weighted by Crippen LogP contribution is -2.36. The number of carboxylic acids is 1. The minimum absolute atomic E-state index is 0.0489. The van der Waals surface area contributed by atoms with Crippen molar-refractivity contribution in [1.82, 2.24) is 9.97 Å². The first kappa shape index (κ1) is 22.8. The van der Waals surface area contributed by atoms with Crippen molar-refractivity contribution in [3.05, 3.63) is 58.2 Å². The summed E-state index contributed by atoms with van der Waals surface area (Å²) in [6.45, 7) is 2.42. The van der Waals surface area contributed by atoms with Crippen molar-refractivity contribution in [2.45, 2.75) is 0 Å². The van der Waals surface area contributed by atoms with E-state index in [0.717, 1.165) is 16.8 Å². The number of hydrogen-bond donors (Lipinski definition) is 2. The number of carbonyl (C=O) groups is 1. The molecule has 0 atom stereocenters. The number of nitrogens with one attached hydrogen (secondary N) is 1. The van der Waals surface area contributed by atoms with Crippen LogP contribution in [-0.4, -0.2) is 60.9 Å². The van der Waals surface area contributed by atoms with E-state index in [9.17, 15) is 9.59 Å². The molecule has 4 aromatic rings. The zero-order valence-corrected chi connectivity index (χ0v) is 19.7. The van der Waals surface area contributed by atoms with E-state index >= 15 is 0 Å². The minimum atomic E-state index is -0.940. The Morgan fingerprint density at radius 2 is 2.00 bits per heavy atom. The molecule has 0 bridgehead atoms. The average molecular weight is 494 g/mol. The molecule has 0 saturated carbocycles. The number of hydrogen-bond acceptors (Lipinski definition) is 10. The predicted molar refractivity (Wildman–Crippen MR) is 135 cm³/mol. The smallest absolute Gasteiger partial charge is 0.323 e. The van der Waals surface area contributed by atoms with Gasteiger partial charge in [0, 0.05) is 49.0 Å². The molecule has 1 fully saturated rings. The molecule has 4 heterocycles. The van der Waals surface area contributed by atoms with Crippen LogP contribution in [0.15, 0.2) is 57.2 Å². The number of nitrogens with zero attached hydrogens (tertiary/aromatic N) is 4. The molecule has 1 aliphatic rings. The van der Waals surface area contributed by atoms with Crippen LogP contribution in [0.4, 0.5) is 23.3 Å². The van der Waals surface area contributed by atoms with Crippen molar-refractivity contribution >= 4 is 50.9 Å². The molecule has 10 nitrogen and oxygen atoms in total. The Hall–Kier alpha value is -3.96. The van der Waals surface area contributed by atoms with Gasteiger partial charge < -0.3 is 29.4 Å². The molecule has 0 spiro atoms. The van der Waals surface area contributed by atoms with Crippen molar-refractivity contribution in [2.75, 3.05) is 55.0 Å². The van der Waals surface area contributed by atoms with Crippen LogP contribution in [-0.2, 0) is 9.53 Å². The Bertz CT molecular complexity index is 1410. The number of aromatic nitrogens is 2. The molecular formula is C24H23N5O5S.